The Kier molecular flexibility index (Phi) is 7.66. The summed E-state index contributed by atoms with van der Waals surface area (Å²) in [5, 5.41) is 11.5. The Bertz CT molecular complexity index is 1090. The molecule has 0 amide bonds. The maximum Gasteiger partial charge on any atom is 0.387 e. The van der Waals surface area contributed by atoms with Crippen LogP contribution < -0.4 is 14.2 Å². The molecule has 1 fully saturated rings. The van der Waals surface area contributed by atoms with Crippen molar-refractivity contribution in [2.75, 3.05) is 40.4 Å². The molecule has 10 nitrogen and oxygen atoms in total. The minimum Gasteiger partial charge on any atom is -0.497 e. The molecule has 1 heterocycles. The molecule has 0 aliphatic carbocycles. The normalized spacial score (nSPS) is 15.4. The molecular weight excluding hydrogens is 464 g/mol. The van der Waals surface area contributed by atoms with Crippen LogP contribution in [0.4, 0.5) is 14.5 Å². The number of hydrogen-bond acceptors (Lipinski definition) is 8. The number of ether oxygens (including phenoxy) is 3. The van der Waals surface area contributed by atoms with Gasteiger partial charge in [-0.2, -0.15) is 13.1 Å². The first-order valence-electron chi connectivity index (χ1n) is 9.82. The van der Waals surface area contributed by atoms with Crippen LogP contribution >= 0.6 is 0 Å². The number of nitro benzene ring substituents is 1. The molecule has 2 aromatic carbocycles. The van der Waals surface area contributed by atoms with Gasteiger partial charge >= 0.3 is 6.61 Å². The Labute approximate surface area is 189 Å². The van der Waals surface area contributed by atoms with E-state index in [2.05, 4.69) is 4.74 Å². The van der Waals surface area contributed by atoms with E-state index in [0.717, 1.165) is 6.07 Å². The van der Waals surface area contributed by atoms with Crippen LogP contribution in [0.25, 0.3) is 0 Å². The fraction of sp³-hybridized carbons (Fsp3) is 0.400. The zero-order valence-electron chi connectivity index (χ0n) is 17.9. The summed E-state index contributed by atoms with van der Waals surface area (Å²) in [5.41, 5.74) is -0.148. The highest BCUT2D eigenvalue weighted by Crippen LogP contribution is 2.36. The molecule has 0 unspecified atom stereocenters. The summed E-state index contributed by atoms with van der Waals surface area (Å²) in [6, 6.07) is 8.27. The van der Waals surface area contributed by atoms with Crippen molar-refractivity contribution in [1.82, 2.24) is 9.21 Å². The molecule has 0 N–H and O–H groups in total. The second-order valence-corrected chi connectivity index (χ2v) is 9.06. The number of sulfonamides is 1. The highest BCUT2D eigenvalue weighted by atomic mass is 32.2. The van der Waals surface area contributed by atoms with Crippen molar-refractivity contribution in [2.24, 2.45) is 0 Å². The summed E-state index contributed by atoms with van der Waals surface area (Å²) in [6.45, 7) is -2.03. The topological polar surface area (TPSA) is 111 Å². The summed E-state index contributed by atoms with van der Waals surface area (Å²) < 4.78 is 66.8. The number of nitrogens with zero attached hydrogens (tertiary/aromatic N) is 3. The smallest absolute Gasteiger partial charge is 0.387 e. The summed E-state index contributed by atoms with van der Waals surface area (Å²) in [7, 11) is -0.967. The van der Waals surface area contributed by atoms with Crippen molar-refractivity contribution in [3.05, 3.63) is 52.1 Å². The Morgan fingerprint density at radius 1 is 1.03 bits per heavy atom. The van der Waals surface area contributed by atoms with Crippen molar-refractivity contribution in [3.8, 4) is 17.2 Å². The van der Waals surface area contributed by atoms with Crippen LogP contribution in [0.3, 0.4) is 0 Å². The predicted molar refractivity (Wildman–Crippen MR) is 113 cm³/mol. The van der Waals surface area contributed by atoms with E-state index in [-0.39, 0.29) is 41.5 Å². The Morgan fingerprint density at radius 2 is 1.67 bits per heavy atom. The number of nitro groups is 1. The van der Waals surface area contributed by atoms with Crippen LogP contribution in [-0.4, -0.2) is 69.6 Å². The van der Waals surface area contributed by atoms with Crippen molar-refractivity contribution in [2.45, 2.75) is 18.1 Å². The van der Waals surface area contributed by atoms with Gasteiger partial charge in [-0.1, -0.05) is 0 Å². The molecule has 1 aliphatic rings. The van der Waals surface area contributed by atoms with E-state index < -0.39 is 27.3 Å². The Hall–Kier alpha value is -3.03. The molecule has 0 spiro atoms. The molecule has 0 atom stereocenters. The zero-order valence-corrected chi connectivity index (χ0v) is 18.8. The second-order valence-electron chi connectivity index (χ2n) is 7.12. The first-order valence-corrected chi connectivity index (χ1v) is 11.3. The van der Waals surface area contributed by atoms with Gasteiger partial charge in [-0.3, -0.25) is 15.0 Å². The third-order valence-corrected chi connectivity index (χ3v) is 7.11. The van der Waals surface area contributed by atoms with Crippen LogP contribution in [0.1, 0.15) is 5.56 Å². The van der Waals surface area contributed by atoms with Crippen LogP contribution in [0.5, 0.6) is 17.2 Å². The van der Waals surface area contributed by atoms with Gasteiger partial charge in [-0.25, -0.2) is 8.42 Å². The number of hydrogen-bond donors (Lipinski definition) is 0. The molecular formula is C20H23F2N3O7S. The summed E-state index contributed by atoms with van der Waals surface area (Å²) in [5.74, 6) is 0.0516. The molecule has 180 valence electrons. The predicted octanol–water partition coefficient (Wildman–Crippen LogP) is 2.72. The minimum atomic E-state index is -3.70. The van der Waals surface area contributed by atoms with E-state index >= 15 is 0 Å². The van der Waals surface area contributed by atoms with Crippen LogP contribution in [-0.2, 0) is 16.6 Å². The lowest BCUT2D eigenvalue weighted by atomic mass is 10.1. The van der Waals surface area contributed by atoms with E-state index in [4.69, 9.17) is 9.47 Å². The highest BCUT2D eigenvalue weighted by Gasteiger charge is 2.30. The van der Waals surface area contributed by atoms with E-state index in [9.17, 15) is 27.3 Å². The van der Waals surface area contributed by atoms with Gasteiger partial charge in [0.1, 0.15) is 5.75 Å². The largest absolute Gasteiger partial charge is 0.497 e. The summed E-state index contributed by atoms with van der Waals surface area (Å²) >= 11 is 0. The summed E-state index contributed by atoms with van der Waals surface area (Å²) in [4.78, 5) is 12.8. The number of piperazine rings is 1. The third-order valence-electron chi connectivity index (χ3n) is 5.20. The van der Waals surface area contributed by atoms with E-state index in [1.807, 2.05) is 4.90 Å². The first-order chi connectivity index (χ1) is 15.6. The maximum absolute atomic E-state index is 12.9. The Balaban J connectivity index is 1.73. The van der Waals surface area contributed by atoms with Crippen LogP contribution in [0.2, 0.25) is 0 Å². The first kappa shape index (κ1) is 24.6. The van der Waals surface area contributed by atoms with Crippen molar-refractivity contribution >= 4 is 15.7 Å². The molecule has 0 aromatic heterocycles. The van der Waals surface area contributed by atoms with E-state index in [1.165, 1.54) is 36.7 Å². The van der Waals surface area contributed by atoms with E-state index in [0.29, 0.717) is 18.8 Å². The van der Waals surface area contributed by atoms with Crippen molar-refractivity contribution in [3.63, 3.8) is 0 Å². The molecule has 3 rings (SSSR count). The second kappa shape index (κ2) is 10.3. The van der Waals surface area contributed by atoms with Gasteiger partial charge in [-0.15, -0.1) is 0 Å². The van der Waals surface area contributed by atoms with Gasteiger partial charge in [0.05, 0.1) is 30.1 Å². The molecule has 1 aliphatic heterocycles. The van der Waals surface area contributed by atoms with Crippen molar-refractivity contribution < 1.29 is 36.3 Å². The fourth-order valence-electron chi connectivity index (χ4n) is 3.50. The average Bonchev–Trinajstić information content (AvgIpc) is 2.79. The number of halogens is 2. The lowest BCUT2D eigenvalue weighted by Gasteiger charge is -2.34. The van der Waals surface area contributed by atoms with Crippen LogP contribution in [0, 0.1) is 10.1 Å². The quantitative estimate of drug-likeness (QED) is 0.392. The molecule has 33 heavy (non-hydrogen) atoms. The van der Waals surface area contributed by atoms with Gasteiger partial charge in [0.2, 0.25) is 10.0 Å². The molecule has 1 saturated heterocycles. The number of alkyl halides is 2. The summed E-state index contributed by atoms with van der Waals surface area (Å²) in [6.07, 6.45) is 0. The maximum atomic E-state index is 12.9. The average molecular weight is 487 g/mol. The minimum absolute atomic E-state index is 0.0587. The van der Waals surface area contributed by atoms with Crippen molar-refractivity contribution in [1.29, 1.82) is 0 Å². The lowest BCUT2D eigenvalue weighted by Crippen LogP contribution is -2.48. The van der Waals surface area contributed by atoms with Gasteiger partial charge in [-0.05, 0) is 30.3 Å². The highest BCUT2D eigenvalue weighted by molar-refractivity contribution is 7.89. The lowest BCUT2D eigenvalue weighted by molar-refractivity contribution is -0.385. The van der Waals surface area contributed by atoms with Gasteiger partial charge in [0, 0.05) is 38.3 Å². The SMILES string of the molecule is COc1ccc(S(=O)(=O)N2CCN(Cc3cc(OC)c(OC(F)F)cc3[N+](=O)[O-])CC2)cc1. The fourth-order valence-corrected chi connectivity index (χ4v) is 4.92. The van der Waals surface area contributed by atoms with Gasteiger partial charge in [0.15, 0.2) is 11.5 Å². The van der Waals surface area contributed by atoms with Gasteiger partial charge < -0.3 is 14.2 Å². The van der Waals surface area contributed by atoms with E-state index in [1.54, 1.807) is 12.1 Å². The molecule has 0 radical (unpaired) electrons. The molecule has 0 saturated carbocycles. The third kappa shape index (κ3) is 5.67. The number of benzene rings is 2. The van der Waals surface area contributed by atoms with Crippen LogP contribution in [0.15, 0.2) is 41.3 Å². The molecule has 0 bridgehead atoms. The standard InChI is InChI=1S/C20H23F2N3O7S/c1-30-15-3-5-16(6-4-15)33(28,29)24-9-7-23(8-10-24)13-14-11-18(31-2)19(32-20(21)22)12-17(14)25(26)27/h3-6,11-12,20H,7-10,13H2,1-2H3. The van der Waals surface area contributed by atoms with Gasteiger partial charge in [0.25, 0.3) is 5.69 Å². The zero-order chi connectivity index (χ0) is 24.2. The Morgan fingerprint density at radius 3 is 2.18 bits per heavy atom. The number of methoxy groups -OCH3 is 2. The monoisotopic (exact) mass is 487 g/mol. The number of rotatable bonds is 9. The molecule has 2 aromatic rings. The molecule has 13 heteroatoms.